The van der Waals surface area contributed by atoms with E-state index in [1.54, 1.807) is 18.2 Å². The number of carbonyl (C=O) groups is 4. The average molecular weight is 688 g/mol. The van der Waals surface area contributed by atoms with Crippen LogP contribution in [0.15, 0.2) is 55.0 Å². The van der Waals surface area contributed by atoms with Crippen molar-refractivity contribution in [3.63, 3.8) is 0 Å². The average Bonchev–Trinajstić information content (AvgIpc) is 3.86. The van der Waals surface area contributed by atoms with Crippen LogP contribution in [0.25, 0.3) is 22.3 Å². The van der Waals surface area contributed by atoms with Crippen LogP contribution in [0.1, 0.15) is 78.1 Å². The molecule has 1 aliphatic carbocycles. The second-order valence-electron chi connectivity index (χ2n) is 14.7. The van der Waals surface area contributed by atoms with E-state index < -0.39 is 23.8 Å². The molecular formula is C38H41N9O4. The van der Waals surface area contributed by atoms with Gasteiger partial charge in [-0.05, 0) is 93.8 Å². The minimum absolute atomic E-state index is 0.0984. The molecule has 4 amide bonds. The lowest BCUT2D eigenvalue weighted by Gasteiger charge is -2.38. The van der Waals surface area contributed by atoms with E-state index in [2.05, 4.69) is 49.5 Å². The zero-order valence-electron chi connectivity index (χ0n) is 28.5. The minimum atomic E-state index is -0.963. The number of nitrogens with zero attached hydrogens (tertiary/aromatic N) is 7. The van der Waals surface area contributed by atoms with Gasteiger partial charge in [0.05, 0.1) is 46.3 Å². The van der Waals surface area contributed by atoms with Gasteiger partial charge in [0.15, 0.2) is 0 Å². The number of aromatic nitrogens is 4. The molecular weight excluding hydrogens is 646 g/mol. The van der Waals surface area contributed by atoms with E-state index in [-0.39, 0.29) is 29.9 Å². The predicted molar refractivity (Wildman–Crippen MR) is 190 cm³/mol. The number of benzene rings is 2. The van der Waals surface area contributed by atoms with Gasteiger partial charge in [-0.25, -0.2) is 4.98 Å². The van der Waals surface area contributed by atoms with Crippen molar-refractivity contribution in [1.29, 1.82) is 0 Å². The number of rotatable bonds is 9. The van der Waals surface area contributed by atoms with Gasteiger partial charge >= 0.3 is 0 Å². The molecule has 2 aromatic heterocycles. The number of hydrogen-bond acceptors (Lipinski definition) is 10. The van der Waals surface area contributed by atoms with Crippen LogP contribution in [0.5, 0.6) is 0 Å². The summed E-state index contributed by atoms with van der Waals surface area (Å²) in [4.78, 5) is 65.8. The van der Waals surface area contributed by atoms with Crippen LogP contribution >= 0.6 is 0 Å². The molecule has 262 valence electrons. The molecule has 1 saturated carbocycles. The quantitative estimate of drug-likeness (QED) is 0.196. The first kappa shape index (κ1) is 31.8. The first-order chi connectivity index (χ1) is 24.9. The van der Waals surface area contributed by atoms with Crippen molar-refractivity contribution in [3.05, 3.63) is 66.1 Å². The van der Waals surface area contributed by atoms with Gasteiger partial charge in [-0.15, -0.1) is 0 Å². The molecule has 3 saturated heterocycles. The van der Waals surface area contributed by atoms with Crippen LogP contribution in [0.2, 0.25) is 0 Å². The van der Waals surface area contributed by atoms with Gasteiger partial charge in [0.2, 0.25) is 11.8 Å². The molecule has 2 atom stereocenters. The molecule has 4 aromatic rings. The Labute approximate surface area is 295 Å². The van der Waals surface area contributed by atoms with E-state index in [1.807, 2.05) is 12.4 Å². The fourth-order valence-electron chi connectivity index (χ4n) is 8.59. The third-order valence-electron chi connectivity index (χ3n) is 11.5. The highest BCUT2D eigenvalue weighted by atomic mass is 16.2. The number of fused-ring (bicyclic) bond motifs is 3. The Hall–Kier alpha value is -5.17. The SMILES string of the molecule is O=C1CCC(N2C(=O)c3ccc(NCCC[C@H]4C[C@H](n5cc(-c6cnc7ccc(N8CCN9CCCC9C8)cc7n6)cn5)C4)cc3C2=O)C(=O)N1. The second-order valence-corrected chi connectivity index (χ2v) is 14.7. The Balaban J connectivity index is 0.759. The van der Waals surface area contributed by atoms with Crippen LogP contribution in [0, 0.1) is 5.92 Å². The van der Waals surface area contributed by atoms with E-state index in [4.69, 9.17) is 15.1 Å². The molecule has 13 nitrogen and oxygen atoms in total. The first-order valence-electron chi connectivity index (χ1n) is 18.3. The number of anilines is 2. The molecule has 2 aromatic carbocycles. The van der Waals surface area contributed by atoms with Crippen molar-refractivity contribution >= 4 is 46.0 Å². The summed E-state index contributed by atoms with van der Waals surface area (Å²) < 4.78 is 2.08. The zero-order chi connectivity index (χ0) is 34.6. The zero-order valence-corrected chi connectivity index (χ0v) is 28.5. The van der Waals surface area contributed by atoms with Crippen molar-refractivity contribution < 1.29 is 19.2 Å². The molecule has 51 heavy (non-hydrogen) atoms. The van der Waals surface area contributed by atoms with Gasteiger partial charge in [0, 0.05) is 61.8 Å². The van der Waals surface area contributed by atoms with Crippen LogP contribution in [0.4, 0.5) is 11.4 Å². The maximum absolute atomic E-state index is 13.1. The highest BCUT2D eigenvalue weighted by Crippen LogP contribution is 2.41. The highest BCUT2D eigenvalue weighted by molar-refractivity contribution is 6.23. The number of piperidine rings is 1. The minimum Gasteiger partial charge on any atom is -0.385 e. The maximum Gasteiger partial charge on any atom is 0.262 e. The summed E-state index contributed by atoms with van der Waals surface area (Å²) in [5.74, 6) is -1.36. The number of imide groups is 2. The van der Waals surface area contributed by atoms with Crippen molar-refractivity contribution in [2.45, 2.75) is 69.5 Å². The molecule has 2 N–H and O–H groups in total. The predicted octanol–water partition coefficient (Wildman–Crippen LogP) is 4.02. The molecule has 13 heteroatoms. The fourth-order valence-corrected chi connectivity index (χ4v) is 8.59. The summed E-state index contributed by atoms with van der Waals surface area (Å²) in [6, 6.07) is 11.7. The molecule has 4 aliphatic heterocycles. The maximum atomic E-state index is 13.1. The first-order valence-corrected chi connectivity index (χ1v) is 18.3. The fraction of sp³-hybridized carbons (Fsp3) is 0.447. The summed E-state index contributed by atoms with van der Waals surface area (Å²) >= 11 is 0. The van der Waals surface area contributed by atoms with Gasteiger partial charge in [-0.2, -0.15) is 5.10 Å². The lowest BCUT2D eigenvalue weighted by molar-refractivity contribution is -0.136. The Kier molecular flexibility index (Phi) is 8.02. The summed E-state index contributed by atoms with van der Waals surface area (Å²) in [5.41, 5.74) is 6.20. The molecule has 0 spiro atoms. The van der Waals surface area contributed by atoms with E-state index in [0.717, 1.165) is 84.7 Å². The Morgan fingerprint density at radius 1 is 0.882 bits per heavy atom. The van der Waals surface area contributed by atoms with Crippen molar-refractivity contribution in [1.82, 2.24) is 34.9 Å². The van der Waals surface area contributed by atoms with Crippen molar-refractivity contribution in [2.75, 3.05) is 42.9 Å². The third kappa shape index (κ3) is 5.92. The lowest BCUT2D eigenvalue weighted by atomic mass is 9.77. The monoisotopic (exact) mass is 687 g/mol. The third-order valence-corrected chi connectivity index (χ3v) is 11.5. The van der Waals surface area contributed by atoms with Gasteiger partial charge in [0.1, 0.15) is 6.04 Å². The van der Waals surface area contributed by atoms with Crippen LogP contribution in [-0.2, 0) is 9.59 Å². The van der Waals surface area contributed by atoms with E-state index in [9.17, 15) is 19.2 Å². The molecule has 0 bridgehead atoms. The van der Waals surface area contributed by atoms with Crippen LogP contribution in [-0.4, -0.2) is 98.0 Å². The van der Waals surface area contributed by atoms with Gasteiger partial charge in [-0.3, -0.25) is 44.0 Å². The van der Waals surface area contributed by atoms with Crippen LogP contribution < -0.4 is 15.5 Å². The molecule has 6 heterocycles. The largest absolute Gasteiger partial charge is 0.385 e. The topological polar surface area (TPSA) is 146 Å². The standard InChI is InChI=1S/C38H41N9O4/c48-35-10-9-34(36(49)43-35)47-37(50)29-7-5-25(17-30(29)38(47)51)39-11-1-3-23-15-28(16-23)46-21-24(19-41-46)33-20-40-31-8-6-26(18-32(31)42-33)45-14-13-44-12-2-4-27(44)22-45/h5-8,17-21,23,27-28,34,39H,1-4,9-16,22H2,(H,43,48,49)/t23-,27?,28-,34?. The Morgan fingerprint density at radius 3 is 2.65 bits per heavy atom. The molecule has 4 fully saturated rings. The molecule has 5 aliphatic rings. The molecule has 0 radical (unpaired) electrons. The van der Waals surface area contributed by atoms with Gasteiger partial charge < -0.3 is 10.2 Å². The van der Waals surface area contributed by atoms with Gasteiger partial charge in [-0.1, -0.05) is 0 Å². The summed E-state index contributed by atoms with van der Waals surface area (Å²) in [7, 11) is 0. The molecule has 9 rings (SSSR count). The number of piperazine rings is 1. The highest BCUT2D eigenvalue weighted by Gasteiger charge is 2.44. The van der Waals surface area contributed by atoms with E-state index >= 15 is 0 Å². The summed E-state index contributed by atoms with van der Waals surface area (Å²) in [6.45, 7) is 5.24. The summed E-state index contributed by atoms with van der Waals surface area (Å²) in [5, 5.41) is 10.3. The Morgan fingerprint density at radius 2 is 1.76 bits per heavy atom. The summed E-state index contributed by atoms with van der Waals surface area (Å²) in [6.07, 6.45) is 12.9. The van der Waals surface area contributed by atoms with Gasteiger partial charge in [0.25, 0.3) is 11.8 Å². The second kappa shape index (κ2) is 12.9. The number of hydrogen-bond donors (Lipinski definition) is 2. The van der Waals surface area contributed by atoms with E-state index in [0.29, 0.717) is 18.0 Å². The van der Waals surface area contributed by atoms with Crippen molar-refractivity contribution in [2.24, 2.45) is 5.92 Å². The van der Waals surface area contributed by atoms with E-state index in [1.165, 1.54) is 25.1 Å². The number of carbonyl (C=O) groups excluding carboxylic acids is 4. The number of amides is 4. The number of nitrogens with one attached hydrogen (secondary N) is 2. The molecule has 2 unspecified atom stereocenters. The Bertz CT molecular complexity index is 2060. The van der Waals surface area contributed by atoms with Crippen molar-refractivity contribution in [3.8, 4) is 11.3 Å². The normalized spacial score (nSPS) is 24.9. The lowest BCUT2D eigenvalue weighted by Crippen LogP contribution is -2.54. The van der Waals surface area contributed by atoms with Crippen LogP contribution in [0.3, 0.4) is 0 Å². The smallest absolute Gasteiger partial charge is 0.262 e.